The van der Waals surface area contributed by atoms with E-state index in [9.17, 15) is 12.8 Å². The molecule has 0 amide bonds. The number of halogens is 1. The zero-order valence-corrected chi connectivity index (χ0v) is 10.6. The van der Waals surface area contributed by atoms with Crippen molar-refractivity contribution in [2.24, 2.45) is 0 Å². The second-order valence-electron chi connectivity index (χ2n) is 4.46. The van der Waals surface area contributed by atoms with Gasteiger partial charge in [0.05, 0.1) is 4.90 Å². The molecular weight excluding hydrogens is 241 g/mol. The first-order valence-electron chi connectivity index (χ1n) is 5.71. The Balaban J connectivity index is 2.31. The zero-order valence-electron chi connectivity index (χ0n) is 9.74. The van der Waals surface area contributed by atoms with Crippen LogP contribution >= 0.6 is 0 Å². The van der Waals surface area contributed by atoms with Crippen molar-refractivity contribution in [3.63, 3.8) is 0 Å². The average molecular weight is 257 g/mol. The largest absolute Gasteiger partial charge is 0.310 e. The molecule has 1 aromatic rings. The van der Waals surface area contributed by atoms with E-state index in [4.69, 9.17) is 0 Å². The van der Waals surface area contributed by atoms with Gasteiger partial charge in [0.15, 0.2) is 9.84 Å². The lowest BCUT2D eigenvalue weighted by Crippen LogP contribution is -2.27. The van der Waals surface area contributed by atoms with Crippen molar-refractivity contribution in [3.8, 4) is 0 Å². The third kappa shape index (κ3) is 2.84. The highest BCUT2D eigenvalue weighted by atomic mass is 32.2. The molecule has 5 heteroatoms. The lowest BCUT2D eigenvalue weighted by Gasteiger charge is -2.24. The van der Waals surface area contributed by atoms with Crippen LogP contribution in [0.25, 0.3) is 0 Å². The van der Waals surface area contributed by atoms with E-state index in [1.54, 1.807) is 6.07 Å². The Morgan fingerprint density at radius 2 is 2.12 bits per heavy atom. The maximum Gasteiger partial charge on any atom is 0.175 e. The molecule has 94 valence electrons. The summed E-state index contributed by atoms with van der Waals surface area (Å²) in [5.74, 6) is -0.438. The number of benzene rings is 1. The van der Waals surface area contributed by atoms with E-state index in [0.717, 1.165) is 38.1 Å². The fourth-order valence-electron chi connectivity index (χ4n) is 2.14. The molecule has 0 spiro atoms. The van der Waals surface area contributed by atoms with Gasteiger partial charge < -0.3 is 5.32 Å². The molecule has 17 heavy (non-hydrogen) atoms. The lowest BCUT2D eigenvalue weighted by molar-refractivity contribution is 0.399. The van der Waals surface area contributed by atoms with Gasteiger partial charge in [-0.2, -0.15) is 0 Å². The average Bonchev–Trinajstić information content (AvgIpc) is 2.29. The van der Waals surface area contributed by atoms with Crippen LogP contribution < -0.4 is 5.32 Å². The molecule has 1 N–H and O–H groups in total. The number of hydrogen-bond donors (Lipinski definition) is 1. The zero-order chi connectivity index (χ0) is 12.5. The van der Waals surface area contributed by atoms with Gasteiger partial charge in [0.25, 0.3) is 0 Å². The van der Waals surface area contributed by atoms with Crippen molar-refractivity contribution >= 4 is 9.84 Å². The Morgan fingerprint density at radius 3 is 2.65 bits per heavy atom. The van der Waals surface area contributed by atoms with Crippen LogP contribution in [0.3, 0.4) is 0 Å². The van der Waals surface area contributed by atoms with Crippen molar-refractivity contribution < 1.29 is 12.8 Å². The van der Waals surface area contributed by atoms with Gasteiger partial charge in [0.2, 0.25) is 0 Å². The molecule has 1 aliphatic rings. The fraction of sp³-hybridized carbons (Fsp3) is 0.500. The molecular formula is C12H16FNO2S. The molecule has 1 atom stereocenters. The maximum atomic E-state index is 13.9. The van der Waals surface area contributed by atoms with E-state index in [2.05, 4.69) is 5.32 Å². The van der Waals surface area contributed by atoms with E-state index in [-0.39, 0.29) is 10.9 Å². The molecule has 1 aliphatic heterocycles. The molecule has 0 aromatic heterocycles. The van der Waals surface area contributed by atoms with Gasteiger partial charge in [0.1, 0.15) is 5.82 Å². The summed E-state index contributed by atoms with van der Waals surface area (Å²) in [5.41, 5.74) is 0.567. The molecule has 1 saturated heterocycles. The van der Waals surface area contributed by atoms with Crippen LogP contribution in [0.15, 0.2) is 23.1 Å². The standard InChI is InChI=1S/C12H16FNO2S/c1-17(15,16)9-5-6-10(11(13)8-9)12-4-2-3-7-14-12/h5-6,8,12,14H,2-4,7H2,1H3. The Bertz CT molecular complexity index is 507. The predicted molar refractivity (Wildman–Crippen MR) is 64.1 cm³/mol. The number of sulfone groups is 1. The van der Waals surface area contributed by atoms with Gasteiger partial charge in [-0.25, -0.2) is 12.8 Å². The second-order valence-corrected chi connectivity index (χ2v) is 6.47. The van der Waals surface area contributed by atoms with Crippen LogP contribution in [0, 0.1) is 5.82 Å². The Labute approximate surface area is 101 Å². The minimum Gasteiger partial charge on any atom is -0.310 e. The van der Waals surface area contributed by atoms with Gasteiger partial charge in [-0.1, -0.05) is 12.5 Å². The van der Waals surface area contributed by atoms with E-state index in [1.807, 2.05) is 0 Å². The van der Waals surface area contributed by atoms with Crippen LogP contribution in [0.2, 0.25) is 0 Å². The van der Waals surface area contributed by atoms with Gasteiger partial charge in [-0.3, -0.25) is 0 Å². The molecule has 1 aromatic carbocycles. The summed E-state index contributed by atoms with van der Waals surface area (Å²) in [6, 6.07) is 4.18. The minimum absolute atomic E-state index is 0.0114. The summed E-state index contributed by atoms with van der Waals surface area (Å²) < 4.78 is 36.4. The van der Waals surface area contributed by atoms with Crippen molar-refractivity contribution in [2.75, 3.05) is 12.8 Å². The molecule has 1 unspecified atom stereocenters. The predicted octanol–water partition coefficient (Wildman–Crippen LogP) is 2.04. The second kappa shape index (κ2) is 4.74. The van der Waals surface area contributed by atoms with Crippen LogP contribution in [-0.2, 0) is 9.84 Å². The molecule has 3 nitrogen and oxygen atoms in total. The van der Waals surface area contributed by atoms with Crippen molar-refractivity contribution in [1.82, 2.24) is 5.32 Å². The topological polar surface area (TPSA) is 46.2 Å². The summed E-state index contributed by atoms with van der Waals surface area (Å²) in [6.45, 7) is 0.887. The number of hydrogen-bond acceptors (Lipinski definition) is 3. The lowest BCUT2D eigenvalue weighted by atomic mass is 9.97. The summed E-state index contributed by atoms with van der Waals surface area (Å²) in [5, 5.41) is 3.24. The molecule has 2 rings (SSSR count). The Hall–Kier alpha value is -0.940. The van der Waals surface area contributed by atoms with E-state index >= 15 is 0 Å². The maximum absolute atomic E-state index is 13.9. The van der Waals surface area contributed by atoms with E-state index in [0.29, 0.717) is 5.56 Å². The molecule has 0 aliphatic carbocycles. The molecule has 0 saturated carbocycles. The summed E-state index contributed by atoms with van der Waals surface area (Å²) >= 11 is 0. The fourth-order valence-corrected chi connectivity index (χ4v) is 2.77. The quantitative estimate of drug-likeness (QED) is 0.882. The molecule has 1 fully saturated rings. The van der Waals surface area contributed by atoms with Gasteiger partial charge in [-0.05, 0) is 31.5 Å². The number of piperidine rings is 1. The monoisotopic (exact) mass is 257 g/mol. The highest BCUT2D eigenvalue weighted by Crippen LogP contribution is 2.26. The highest BCUT2D eigenvalue weighted by Gasteiger charge is 2.19. The van der Waals surface area contributed by atoms with E-state index in [1.165, 1.54) is 6.07 Å². The van der Waals surface area contributed by atoms with Crippen molar-refractivity contribution in [2.45, 2.75) is 30.2 Å². The SMILES string of the molecule is CS(=O)(=O)c1ccc(C2CCCCN2)c(F)c1. The first-order chi connectivity index (χ1) is 7.98. The first kappa shape index (κ1) is 12.5. The van der Waals surface area contributed by atoms with Crippen LogP contribution in [0.5, 0.6) is 0 Å². The van der Waals surface area contributed by atoms with Crippen LogP contribution in [-0.4, -0.2) is 21.2 Å². The third-order valence-electron chi connectivity index (χ3n) is 3.09. The third-order valence-corrected chi connectivity index (χ3v) is 4.20. The summed E-state index contributed by atoms with van der Waals surface area (Å²) in [6.07, 6.45) is 4.17. The van der Waals surface area contributed by atoms with Gasteiger partial charge in [-0.15, -0.1) is 0 Å². The van der Waals surface area contributed by atoms with Gasteiger partial charge >= 0.3 is 0 Å². The summed E-state index contributed by atoms with van der Waals surface area (Å²) in [4.78, 5) is 0.0366. The molecule has 1 heterocycles. The van der Waals surface area contributed by atoms with Crippen molar-refractivity contribution in [1.29, 1.82) is 0 Å². The molecule has 0 bridgehead atoms. The highest BCUT2D eigenvalue weighted by molar-refractivity contribution is 7.90. The normalized spacial score (nSPS) is 21.4. The van der Waals surface area contributed by atoms with Crippen LogP contribution in [0.4, 0.5) is 4.39 Å². The first-order valence-corrected chi connectivity index (χ1v) is 7.60. The van der Waals surface area contributed by atoms with Crippen LogP contribution in [0.1, 0.15) is 30.9 Å². The Morgan fingerprint density at radius 1 is 1.35 bits per heavy atom. The summed E-state index contributed by atoms with van der Waals surface area (Å²) in [7, 11) is -3.33. The smallest absolute Gasteiger partial charge is 0.175 e. The molecule has 0 radical (unpaired) electrons. The number of rotatable bonds is 2. The number of nitrogens with one attached hydrogen (secondary N) is 1. The Kier molecular flexibility index (Phi) is 3.49. The minimum atomic E-state index is -3.33. The van der Waals surface area contributed by atoms with E-state index < -0.39 is 15.7 Å². The van der Waals surface area contributed by atoms with Gasteiger partial charge in [0, 0.05) is 17.9 Å². The van der Waals surface area contributed by atoms with Crippen molar-refractivity contribution in [3.05, 3.63) is 29.6 Å².